The zero-order valence-electron chi connectivity index (χ0n) is 10.0. The lowest BCUT2D eigenvalue weighted by Gasteiger charge is -2.22. The van der Waals surface area contributed by atoms with Crippen LogP contribution in [0.25, 0.3) is 0 Å². The summed E-state index contributed by atoms with van der Waals surface area (Å²) in [4.78, 5) is 23.0. The van der Waals surface area contributed by atoms with Crippen molar-refractivity contribution < 1.29 is 9.59 Å². The minimum atomic E-state index is -0.0376. The first-order chi connectivity index (χ1) is 8.15. The molecule has 0 heterocycles. The SMILES string of the molecule is Cc1ccc(C(=O)NC2CCC(=O)CC2)cc1. The van der Waals surface area contributed by atoms with Crippen molar-refractivity contribution in [2.24, 2.45) is 0 Å². The van der Waals surface area contributed by atoms with Gasteiger partial charge in [-0.3, -0.25) is 9.59 Å². The zero-order chi connectivity index (χ0) is 12.3. The first kappa shape index (κ1) is 11.8. The van der Waals surface area contributed by atoms with Gasteiger partial charge in [-0.25, -0.2) is 0 Å². The highest BCUT2D eigenvalue weighted by Crippen LogP contribution is 2.15. The fourth-order valence-corrected chi connectivity index (χ4v) is 2.06. The third-order valence-corrected chi connectivity index (χ3v) is 3.19. The molecule has 0 aromatic heterocycles. The van der Waals surface area contributed by atoms with E-state index in [4.69, 9.17) is 0 Å². The maximum Gasteiger partial charge on any atom is 0.251 e. The Morgan fingerprint density at radius 2 is 1.76 bits per heavy atom. The van der Waals surface area contributed by atoms with Gasteiger partial charge in [0.25, 0.3) is 5.91 Å². The normalized spacial score (nSPS) is 16.9. The summed E-state index contributed by atoms with van der Waals surface area (Å²) in [6.45, 7) is 1.99. The molecule has 1 fully saturated rings. The van der Waals surface area contributed by atoms with Gasteiger partial charge in [-0.05, 0) is 31.9 Å². The number of hydrogen-bond acceptors (Lipinski definition) is 2. The summed E-state index contributed by atoms with van der Waals surface area (Å²) >= 11 is 0. The Bertz CT molecular complexity index is 412. The largest absolute Gasteiger partial charge is 0.349 e. The predicted molar refractivity (Wildman–Crippen MR) is 65.9 cm³/mol. The molecule has 0 aliphatic heterocycles. The number of aryl methyl sites for hydroxylation is 1. The van der Waals surface area contributed by atoms with Crippen molar-refractivity contribution in [3.8, 4) is 0 Å². The second kappa shape index (κ2) is 5.13. The molecule has 0 unspecified atom stereocenters. The van der Waals surface area contributed by atoms with Crippen molar-refractivity contribution in [2.45, 2.75) is 38.6 Å². The molecule has 1 aromatic carbocycles. The maximum absolute atomic E-state index is 11.9. The van der Waals surface area contributed by atoms with Crippen LogP contribution in [0.2, 0.25) is 0 Å². The predicted octanol–water partition coefficient (Wildman–Crippen LogP) is 2.24. The molecule has 1 aromatic rings. The zero-order valence-corrected chi connectivity index (χ0v) is 10.0. The lowest BCUT2D eigenvalue weighted by Crippen LogP contribution is -2.37. The molecule has 0 radical (unpaired) electrons. The van der Waals surface area contributed by atoms with E-state index in [-0.39, 0.29) is 11.9 Å². The Morgan fingerprint density at radius 1 is 1.18 bits per heavy atom. The van der Waals surface area contributed by atoms with Gasteiger partial charge in [0.05, 0.1) is 0 Å². The first-order valence-electron chi connectivity index (χ1n) is 6.04. The molecule has 0 atom stereocenters. The minimum absolute atomic E-state index is 0.0376. The molecule has 3 heteroatoms. The Labute approximate surface area is 101 Å². The molecule has 0 spiro atoms. The topological polar surface area (TPSA) is 46.2 Å². The number of amides is 1. The van der Waals surface area contributed by atoms with E-state index in [2.05, 4.69) is 5.32 Å². The van der Waals surface area contributed by atoms with Gasteiger partial charge in [-0.15, -0.1) is 0 Å². The van der Waals surface area contributed by atoms with Gasteiger partial charge in [-0.1, -0.05) is 17.7 Å². The van der Waals surface area contributed by atoms with Crippen LogP contribution < -0.4 is 5.32 Å². The van der Waals surface area contributed by atoms with Gasteiger partial charge in [0.2, 0.25) is 0 Å². The quantitative estimate of drug-likeness (QED) is 0.848. The lowest BCUT2D eigenvalue weighted by molar-refractivity contribution is -0.120. The summed E-state index contributed by atoms with van der Waals surface area (Å²) in [6, 6.07) is 7.68. The maximum atomic E-state index is 11.9. The minimum Gasteiger partial charge on any atom is -0.349 e. The molecule has 1 aliphatic carbocycles. The van der Waals surface area contributed by atoms with Crippen LogP contribution in [0.4, 0.5) is 0 Å². The third-order valence-electron chi connectivity index (χ3n) is 3.19. The van der Waals surface area contributed by atoms with Gasteiger partial charge >= 0.3 is 0 Å². The van der Waals surface area contributed by atoms with Gasteiger partial charge in [0.1, 0.15) is 5.78 Å². The molecule has 17 heavy (non-hydrogen) atoms. The first-order valence-corrected chi connectivity index (χ1v) is 6.04. The van der Waals surface area contributed by atoms with E-state index in [1.54, 1.807) is 0 Å². The van der Waals surface area contributed by atoms with E-state index in [9.17, 15) is 9.59 Å². The highest BCUT2D eigenvalue weighted by molar-refractivity contribution is 5.94. The number of benzene rings is 1. The van der Waals surface area contributed by atoms with Crippen LogP contribution in [0, 0.1) is 6.92 Å². The van der Waals surface area contributed by atoms with Crippen molar-refractivity contribution in [3.05, 3.63) is 35.4 Å². The number of hydrogen-bond donors (Lipinski definition) is 1. The molecule has 0 saturated heterocycles. The smallest absolute Gasteiger partial charge is 0.251 e. The second-order valence-electron chi connectivity index (χ2n) is 4.65. The second-order valence-corrected chi connectivity index (χ2v) is 4.65. The monoisotopic (exact) mass is 231 g/mol. The van der Waals surface area contributed by atoms with E-state index >= 15 is 0 Å². The van der Waals surface area contributed by atoms with E-state index in [1.807, 2.05) is 31.2 Å². The fraction of sp³-hybridized carbons (Fsp3) is 0.429. The Morgan fingerprint density at radius 3 is 2.35 bits per heavy atom. The molecule has 2 rings (SSSR count). The summed E-state index contributed by atoms with van der Waals surface area (Å²) in [5, 5.41) is 2.98. The van der Waals surface area contributed by atoms with Crippen LogP contribution in [0.15, 0.2) is 24.3 Å². The summed E-state index contributed by atoms with van der Waals surface area (Å²) in [5.41, 5.74) is 1.83. The van der Waals surface area contributed by atoms with Crippen LogP contribution >= 0.6 is 0 Å². The molecule has 90 valence electrons. The number of Topliss-reactive ketones (excluding diaryl/α,β-unsaturated/α-hetero) is 1. The van der Waals surface area contributed by atoms with E-state index in [0.717, 1.165) is 18.4 Å². The van der Waals surface area contributed by atoms with Crippen molar-refractivity contribution in [1.82, 2.24) is 5.32 Å². The summed E-state index contributed by atoms with van der Waals surface area (Å²) in [5.74, 6) is 0.273. The van der Waals surface area contributed by atoms with E-state index in [1.165, 1.54) is 0 Å². The Hall–Kier alpha value is -1.64. The standard InChI is InChI=1S/C14H17NO2/c1-10-2-4-11(5-3-10)14(17)15-12-6-8-13(16)9-7-12/h2-5,12H,6-9H2,1H3,(H,15,17). The van der Waals surface area contributed by atoms with E-state index < -0.39 is 0 Å². The Kier molecular flexibility index (Phi) is 3.57. The molecule has 0 bridgehead atoms. The average Bonchev–Trinajstić information content (AvgIpc) is 2.33. The van der Waals surface area contributed by atoms with Crippen molar-refractivity contribution in [2.75, 3.05) is 0 Å². The molecule has 3 nitrogen and oxygen atoms in total. The number of rotatable bonds is 2. The van der Waals surface area contributed by atoms with Crippen LogP contribution in [0.5, 0.6) is 0 Å². The number of carbonyl (C=O) groups is 2. The molecular weight excluding hydrogens is 214 g/mol. The molecule has 1 aliphatic rings. The average molecular weight is 231 g/mol. The van der Waals surface area contributed by atoms with Crippen LogP contribution in [0.1, 0.15) is 41.6 Å². The van der Waals surface area contributed by atoms with Gasteiger partial charge in [0, 0.05) is 24.4 Å². The fourth-order valence-electron chi connectivity index (χ4n) is 2.06. The molecular formula is C14H17NO2. The van der Waals surface area contributed by atoms with Crippen LogP contribution in [-0.2, 0) is 4.79 Å². The van der Waals surface area contributed by atoms with Crippen molar-refractivity contribution in [3.63, 3.8) is 0 Å². The number of nitrogens with one attached hydrogen (secondary N) is 1. The number of ketones is 1. The lowest BCUT2D eigenvalue weighted by atomic mass is 9.94. The van der Waals surface area contributed by atoms with Crippen LogP contribution in [0.3, 0.4) is 0 Å². The van der Waals surface area contributed by atoms with Gasteiger partial charge < -0.3 is 5.32 Å². The molecule has 1 N–H and O–H groups in total. The Balaban J connectivity index is 1.93. The van der Waals surface area contributed by atoms with Crippen molar-refractivity contribution in [1.29, 1.82) is 0 Å². The van der Waals surface area contributed by atoms with Gasteiger partial charge in [-0.2, -0.15) is 0 Å². The summed E-state index contributed by atoms with van der Waals surface area (Å²) < 4.78 is 0. The number of carbonyl (C=O) groups excluding carboxylic acids is 2. The highest BCUT2D eigenvalue weighted by Gasteiger charge is 2.20. The summed E-state index contributed by atoms with van der Waals surface area (Å²) in [6.07, 6.45) is 2.74. The van der Waals surface area contributed by atoms with E-state index in [0.29, 0.717) is 24.2 Å². The molecule has 1 saturated carbocycles. The summed E-state index contributed by atoms with van der Waals surface area (Å²) in [7, 11) is 0. The third kappa shape index (κ3) is 3.16. The van der Waals surface area contributed by atoms with Crippen molar-refractivity contribution >= 4 is 11.7 Å². The van der Waals surface area contributed by atoms with Crippen LogP contribution in [-0.4, -0.2) is 17.7 Å². The van der Waals surface area contributed by atoms with Gasteiger partial charge in [0.15, 0.2) is 0 Å². The highest BCUT2D eigenvalue weighted by atomic mass is 16.1. The molecule has 1 amide bonds.